The van der Waals surface area contributed by atoms with E-state index in [9.17, 15) is 9.59 Å². The van der Waals surface area contributed by atoms with Gasteiger partial charge >= 0.3 is 0 Å². The summed E-state index contributed by atoms with van der Waals surface area (Å²) in [7, 11) is 0. The standard InChI is InChI=1S/C23H19NO2S/c25-21-14-13-19(23(26)20-12-7-15-27-20)22(18-10-5-2-6-11-18)24(21)16-17-8-3-1-4-9-17/h1-12,15H,13-14,16H2. The minimum Gasteiger partial charge on any atom is -0.307 e. The van der Waals surface area contributed by atoms with Crippen molar-refractivity contribution in [3.63, 3.8) is 0 Å². The predicted octanol–water partition coefficient (Wildman–Crippen LogP) is 5.16. The van der Waals surface area contributed by atoms with Crippen LogP contribution in [0.5, 0.6) is 0 Å². The lowest BCUT2D eigenvalue weighted by molar-refractivity contribution is -0.128. The third-order valence-corrected chi connectivity index (χ3v) is 5.56. The average molecular weight is 373 g/mol. The van der Waals surface area contributed by atoms with E-state index < -0.39 is 0 Å². The van der Waals surface area contributed by atoms with Gasteiger partial charge in [-0.25, -0.2) is 0 Å². The number of carbonyl (C=O) groups excluding carboxylic acids is 2. The van der Waals surface area contributed by atoms with Gasteiger partial charge in [-0.3, -0.25) is 9.59 Å². The van der Waals surface area contributed by atoms with Gasteiger partial charge in [0.25, 0.3) is 0 Å². The number of allylic oxidation sites excluding steroid dienone is 1. The minimum atomic E-state index is 0.0226. The second-order valence-electron chi connectivity index (χ2n) is 6.47. The second-order valence-corrected chi connectivity index (χ2v) is 7.41. The van der Waals surface area contributed by atoms with Crippen LogP contribution in [0, 0.1) is 0 Å². The van der Waals surface area contributed by atoms with Crippen molar-refractivity contribution in [1.29, 1.82) is 0 Å². The number of rotatable bonds is 5. The zero-order chi connectivity index (χ0) is 18.6. The van der Waals surface area contributed by atoms with Crippen LogP contribution in [0.4, 0.5) is 0 Å². The van der Waals surface area contributed by atoms with Crippen molar-refractivity contribution in [2.45, 2.75) is 19.4 Å². The summed E-state index contributed by atoms with van der Waals surface area (Å²) < 4.78 is 0. The quantitative estimate of drug-likeness (QED) is 0.579. The van der Waals surface area contributed by atoms with Gasteiger partial charge in [-0.15, -0.1) is 11.3 Å². The van der Waals surface area contributed by atoms with Crippen LogP contribution in [0.1, 0.15) is 33.6 Å². The molecule has 4 rings (SSSR count). The summed E-state index contributed by atoms with van der Waals surface area (Å²) >= 11 is 1.44. The van der Waals surface area contributed by atoms with Crippen LogP contribution in [0.3, 0.4) is 0 Å². The van der Waals surface area contributed by atoms with E-state index in [-0.39, 0.29) is 11.7 Å². The molecule has 0 saturated heterocycles. The summed E-state index contributed by atoms with van der Waals surface area (Å²) in [4.78, 5) is 28.5. The van der Waals surface area contributed by atoms with Gasteiger partial charge in [0, 0.05) is 12.0 Å². The zero-order valence-corrected chi connectivity index (χ0v) is 15.6. The maximum Gasteiger partial charge on any atom is 0.227 e. The maximum atomic E-state index is 13.2. The largest absolute Gasteiger partial charge is 0.307 e. The number of benzene rings is 2. The topological polar surface area (TPSA) is 37.4 Å². The molecule has 0 N–H and O–H groups in total. The van der Waals surface area contributed by atoms with E-state index in [0.717, 1.165) is 22.4 Å². The molecular weight excluding hydrogens is 354 g/mol. The number of hydrogen-bond donors (Lipinski definition) is 0. The summed E-state index contributed by atoms with van der Waals surface area (Å²) in [5, 5.41) is 1.91. The highest BCUT2D eigenvalue weighted by Crippen LogP contribution is 2.35. The van der Waals surface area contributed by atoms with Crippen LogP contribution in [-0.2, 0) is 11.3 Å². The molecule has 0 aliphatic carbocycles. The normalized spacial score (nSPS) is 14.5. The van der Waals surface area contributed by atoms with Gasteiger partial charge in [-0.05, 0) is 29.0 Å². The van der Waals surface area contributed by atoms with Crippen molar-refractivity contribution in [2.75, 3.05) is 0 Å². The zero-order valence-electron chi connectivity index (χ0n) is 14.8. The van der Waals surface area contributed by atoms with E-state index in [1.165, 1.54) is 11.3 Å². The van der Waals surface area contributed by atoms with Crippen LogP contribution in [0.15, 0.2) is 83.7 Å². The third-order valence-electron chi connectivity index (χ3n) is 4.70. The van der Waals surface area contributed by atoms with Crippen LogP contribution < -0.4 is 0 Å². The molecule has 4 heteroatoms. The van der Waals surface area contributed by atoms with E-state index in [4.69, 9.17) is 0 Å². The number of nitrogens with zero attached hydrogens (tertiary/aromatic N) is 1. The number of Topliss-reactive ketones (excluding diaryl/α,β-unsaturated/α-hetero) is 1. The van der Waals surface area contributed by atoms with E-state index in [0.29, 0.717) is 24.3 Å². The monoisotopic (exact) mass is 373 g/mol. The lowest BCUT2D eigenvalue weighted by atomic mass is 9.92. The fourth-order valence-electron chi connectivity index (χ4n) is 3.41. The van der Waals surface area contributed by atoms with E-state index in [2.05, 4.69) is 0 Å². The Morgan fingerprint density at radius 2 is 1.59 bits per heavy atom. The van der Waals surface area contributed by atoms with E-state index in [1.54, 1.807) is 4.90 Å². The van der Waals surface area contributed by atoms with Crippen molar-refractivity contribution in [3.8, 4) is 0 Å². The Labute approximate surface area is 162 Å². The summed E-state index contributed by atoms with van der Waals surface area (Å²) in [5.41, 5.74) is 3.42. The Morgan fingerprint density at radius 3 is 2.26 bits per heavy atom. The molecule has 1 aliphatic heterocycles. The van der Waals surface area contributed by atoms with Gasteiger partial charge < -0.3 is 4.90 Å². The lowest BCUT2D eigenvalue weighted by Gasteiger charge is -2.32. The number of ketones is 1. The highest BCUT2D eigenvalue weighted by Gasteiger charge is 2.31. The molecule has 0 spiro atoms. The van der Waals surface area contributed by atoms with Crippen LogP contribution in [0.2, 0.25) is 0 Å². The van der Waals surface area contributed by atoms with Crippen molar-refractivity contribution < 1.29 is 9.59 Å². The minimum absolute atomic E-state index is 0.0226. The smallest absolute Gasteiger partial charge is 0.227 e. The molecule has 3 nitrogen and oxygen atoms in total. The van der Waals surface area contributed by atoms with Crippen LogP contribution in [-0.4, -0.2) is 16.6 Å². The molecule has 0 unspecified atom stereocenters. The lowest BCUT2D eigenvalue weighted by Crippen LogP contribution is -2.34. The summed E-state index contributed by atoms with van der Waals surface area (Å²) in [5.74, 6) is 0.0786. The van der Waals surface area contributed by atoms with E-state index >= 15 is 0 Å². The Kier molecular flexibility index (Phi) is 4.99. The molecule has 1 aliphatic rings. The fourth-order valence-corrected chi connectivity index (χ4v) is 4.10. The number of carbonyl (C=O) groups is 2. The van der Waals surface area contributed by atoms with E-state index in [1.807, 2.05) is 78.2 Å². The molecule has 0 fully saturated rings. The Bertz CT molecular complexity index is 976. The molecular formula is C23H19NO2S. The Morgan fingerprint density at radius 1 is 0.889 bits per heavy atom. The number of thiophene rings is 1. The van der Waals surface area contributed by atoms with Gasteiger partial charge in [-0.1, -0.05) is 66.7 Å². The summed E-state index contributed by atoms with van der Waals surface area (Å²) in [6, 6.07) is 23.4. The highest BCUT2D eigenvalue weighted by atomic mass is 32.1. The number of hydrogen-bond acceptors (Lipinski definition) is 3. The first-order chi connectivity index (χ1) is 13.2. The molecule has 2 heterocycles. The average Bonchev–Trinajstić information content (AvgIpc) is 3.25. The predicted molar refractivity (Wildman–Crippen MR) is 108 cm³/mol. The Hall–Kier alpha value is -2.98. The summed E-state index contributed by atoms with van der Waals surface area (Å²) in [6.07, 6.45) is 0.834. The molecule has 0 radical (unpaired) electrons. The van der Waals surface area contributed by atoms with Gasteiger partial charge in [0.05, 0.1) is 17.1 Å². The summed E-state index contributed by atoms with van der Waals surface area (Å²) in [6.45, 7) is 0.463. The van der Waals surface area contributed by atoms with Crippen molar-refractivity contribution in [3.05, 3.63) is 99.8 Å². The molecule has 0 atom stereocenters. The molecule has 1 aromatic heterocycles. The first-order valence-electron chi connectivity index (χ1n) is 8.95. The van der Waals surface area contributed by atoms with Crippen LogP contribution >= 0.6 is 11.3 Å². The number of amides is 1. The first-order valence-corrected chi connectivity index (χ1v) is 9.83. The SMILES string of the molecule is O=C(C1=C(c2ccccc2)N(Cc2ccccc2)C(=O)CC1)c1cccs1. The molecule has 0 bridgehead atoms. The van der Waals surface area contributed by atoms with Gasteiger partial charge in [0.15, 0.2) is 0 Å². The maximum absolute atomic E-state index is 13.2. The highest BCUT2D eigenvalue weighted by molar-refractivity contribution is 7.12. The Balaban J connectivity index is 1.83. The molecule has 1 amide bonds. The van der Waals surface area contributed by atoms with Gasteiger partial charge in [0.2, 0.25) is 11.7 Å². The fraction of sp³-hybridized carbons (Fsp3) is 0.130. The van der Waals surface area contributed by atoms with Crippen molar-refractivity contribution in [1.82, 2.24) is 4.90 Å². The van der Waals surface area contributed by atoms with Crippen LogP contribution in [0.25, 0.3) is 5.70 Å². The molecule has 0 saturated carbocycles. The molecule has 2 aromatic carbocycles. The molecule has 27 heavy (non-hydrogen) atoms. The van der Waals surface area contributed by atoms with Gasteiger partial charge in [0.1, 0.15) is 0 Å². The first kappa shape index (κ1) is 17.4. The van der Waals surface area contributed by atoms with Crippen molar-refractivity contribution in [2.24, 2.45) is 0 Å². The third kappa shape index (κ3) is 3.62. The second kappa shape index (κ2) is 7.72. The van der Waals surface area contributed by atoms with Crippen molar-refractivity contribution >= 4 is 28.7 Å². The van der Waals surface area contributed by atoms with Gasteiger partial charge in [-0.2, -0.15) is 0 Å². The molecule has 3 aromatic rings. The molecule has 134 valence electrons.